The minimum Gasteiger partial charge on any atom is -0.388 e. The molecule has 4 nitrogen and oxygen atoms in total. The molecular weight excluding hydrogens is 260 g/mol. The van der Waals surface area contributed by atoms with Gasteiger partial charge in [0.15, 0.2) is 0 Å². The van der Waals surface area contributed by atoms with Gasteiger partial charge in [-0.25, -0.2) is 4.98 Å². The molecule has 1 aliphatic rings. The van der Waals surface area contributed by atoms with Crippen LogP contribution in [-0.2, 0) is 0 Å². The third-order valence-corrected chi connectivity index (χ3v) is 4.79. The van der Waals surface area contributed by atoms with Crippen molar-refractivity contribution in [2.75, 3.05) is 6.54 Å². The molecule has 1 saturated carbocycles. The predicted molar refractivity (Wildman–Crippen MR) is 76.6 cm³/mol. The molecule has 1 fully saturated rings. The average molecular weight is 282 g/mol. The highest BCUT2D eigenvalue weighted by Gasteiger charge is 2.28. The molecule has 2 rings (SSSR count). The third-order valence-electron chi connectivity index (χ3n) is 3.72. The number of carbonyl (C=O) groups is 1. The maximum Gasteiger partial charge on any atom is 0.263 e. The number of nitrogens with one attached hydrogen (secondary N) is 1. The normalized spacial score (nSPS) is 18.9. The maximum atomic E-state index is 12.1. The number of aliphatic hydroxyl groups is 1. The van der Waals surface area contributed by atoms with Crippen molar-refractivity contribution in [3.63, 3.8) is 0 Å². The first kappa shape index (κ1) is 14.5. The Morgan fingerprint density at radius 2 is 1.95 bits per heavy atom. The third kappa shape index (κ3) is 3.76. The van der Waals surface area contributed by atoms with Crippen molar-refractivity contribution < 1.29 is 9.90 Å². The van der Waals surface area contributed by atoms with E-state index in [0.717, 1.165) is 36.4 Å². The molecular formula is C14H22N2O2S. The van der Waals surface area contributed by atoms with E-state index in [2.05, 4.69) is 10.3 Å². The van der Waals surface area contributed by atoms with Crippen molar-refractivity contribution in [2.45, 2.75) is 58.0 Å². The molecule has 0 spiro atoms. The van der Waals surface area contributed by atoms with Crippen molar-refractivity contribution in [1.29, 1.82) is 0 Å². The Labute approximate surface area is 118 Å². The zero-order chi connectivity index (χ0) is 13.9. The molecule has 1 heterocycles. The van der Waals surface area contributed by atoms with E-state index in [0.29, 0.717) is 11.4 Å². The topological polar surface area (TPSA) is 62.2 Å². The fourth-order valence-corrected chi connectivity index (χ4v) is 3.47. The molecule has 0 radical (unpaired) electrons. The standard InChI is InChI=1S/C14H22N2O2S/c1-10-12(19-11(2)16-10)13(17)15-9-14(18)7-5-3-4-6-8-14/h18H,3-9H2,1-2H3,(H,15,17). The van der Waals surface area contributed by atoms with Gasteiger partial charge in [0.05, 0.1) is 16.3 Å². The summed E-state index contributed by atoms with van der Waals surface area (Å²) in [6.07, 6.45) is 6.03. The summed E-state index contributed by atoms with van der Waals surface area (Å²) in [5.74, 6) is -0.110. The van der Waals surface area contributed by atoms with Gasteiger partial charge in [-0.1, -0.05) is 25.7 Å². The van der Waals surface area contributed by atoms with Crippen LogP contribution in [0.3, 0.4) is 0 Å². The molecule has 1 aliphatic carbocycles. The summed E-state index contributed by atoms with van der Waals surface area (Å²) in [7, 11) is 0. The summed E-state index contributed by atoms with van der Waals surface area (Å²) in [5.41, 5.74) is 0.0487. The molecule has 1 amide bonds. The molecule has 1 aromatic rings. The molecule has 2 N–H and O–H groups in total. The Morgan fingerprint density at radius 3 is 2.47 bits per heavy atom. The molecule has 0 aromatic carbocycles. The second kappa shape index (κ2) is 6.01. The van der Waals surface area contributed by atoms with E-state index in [4.69, 9.17) is 0 Å². The van der Waals surface area contributed by atoms with E-state index in [1.54, 1.807) is 0 Å². The van der Waals surface area contributed by atoms with Crippen molar-refractivity contribution in [3.05, 3.63) is 15.6 Å². The minimum absolute atomic E-state index is 0.110. The van der Waals surface area contributed by atoms with Crippen LogP contribution in [0, 0.1) is 13.8 Å². The van der Waals surface area contributed by atoms with Crippen LogP contribution >= 0.6 is 11.3 Å². The number of nitrogens with zero attached hydrogens (tertiary/aromatic N) is 1. The first-order valence-electron chi connectivity index (χ1n) is 6.95. The predicted octanol–water partition coefficient (Wildman–Crippen LogP) is 2.58. The molecule has 0 bridgehead atoms. The lowest BCUT2D eigenvalue weighted by molar-refractivity contribution is 0.0247. The van der Waals surface area contributed by atoms with Crippen LogP contribution in [-0.4, -0.2) is 28.1 Å². The Morgan fingerprint density at radius 1 is 1.32 bits per heavy atom. The number of carbonyl (C=O) groups excluding carboxylic acids is 1. The van der Waals surface area contributed by atoms with Crippen molar-refractivity contribution in [2.24, 2.45) is 0 Å². The number of aromatic nitrogens is 1. The second-order valence-corrected chi connectivity index (χ2v) is 6.67. The summed E-state index contributed by atoms with van der Waals surface area (Å²) < 4.78 is 0. The Balaban J connectivity index is 1.94. The zero-order valence-electron chi connectivity index (χ0n) is 11.7. The first-order chi connectivity index (χ1) is 9.00. The van der Waals surface area contributed by atoms with Crippen LogP contribution in [0.15, 0.2) is 0 Å². The average Bonchev–Trinajstić information content (AvgIpc) is 2.58. The van der Waals surface area contributed by atoms with E-state index in [1.165, 1.54) is 24.2 Å². The van der Waals surface area contributed by atoms with E-state index in [-0.39, 0.29) is 5.91 Å². The molecule has 0 aliphatic heterocycles. The summed E-state index contributed by atoms with van der Waals surface area (Å²) in [6, 6.07) is 0. The summed E-state index contributed by atoms with van der Waals surface area (Å²) in [6.45, 7) is 4.09. The number of rotatable bonds is 3. The second-order valence-electron chi connectivity index (χ2n) is 5.47. The van der Waals surface area contributed by atoms with Crippen LogP contribution in [0.5, 0.6) is 0 Å². The monoisotopic (exact) mass is 282 g/mol. The first-order valence-corrected chi connectivity index (χ1v) is 7.76. The van der Waals surface area contributed by atoms with Gasteiger partial charge in [-0.15, -0.1) is 11.3 Å². The highest BCUT2D eigenvalue weighted by atomic mass is 32.1. The van der Waals surface area contributed by atoms with Gasteiger partial charge in [-0.3, -0.25) is 4.79 Å². The number of aryl methyl sites for hydroxylation is 2. The van der Waals surface area contributed by atoms with Gasteiger partial charge in [0.25, 0.3) is 5.91 Å². The van der Waals surface area contributed by atoms with Crippen molar-refractivity contribution in [3.8, 4) is 0 Å². The van der Waals surface area contributed by atoms with Gasteiger partial charge >= 0.3 is 0 Å². The van der Waals surface area contributed by atoms with E-state index in [9.17, 15) is 9.90 Å². The largest absolute Gasteiger partial charge is 0.388 e. The number of thiazole rings is 1. The quantitative estimate of drug-likeness (QED) is 0.838. The highest BCUT2D eigenvalue weighted by Crippen LogP contribution is 2.26. The lowest BCUT2D eigenvalue weighted by Gasteiger charge is -2.26. The Kier molecular flexibility index (Phi) is 4.58. The fourth-order valence-electron chi connectivity index (χ4n) is 2.63. The van der Waals surface area contributed by atoms with Crippen molar-refractivity contribution >= 4 is 17.2 Å². The molecule has 106 valence electrons. The number of hydrogen-bond donors (Lipinski definition) is 2. The Bertz CT molecular complexity index is 448. The zero-order valence-corrected chi connectivity index (χ0v) is 12.5. The summed E-state index contributed by atoms with van der Waals surface area (Å²) in [4.78, 5) is 17.0. The molecule has 0 unspecified atom stereocenters. The van der Waals surface area contributed by atoms with Gasteiger partial charge in [-0.2, -0.15) is 0 Å². The lowest BCUT2D eigenvalue weighted by Crippen LogP contribution is -2.42. The molecule has 19 heavy (non-hydrogen) atoms. The van der Waals surface area contributed by atoms with E-state index in [1.807, 2.05) is 13.8 Å². The highest BCUT2D eigenvalue weighted by molar-refractivity contribution is 7.13. The van der Waals surface area contributed by atoms with Gasteiger partial charge in [-0.05, 0) is 26.7 Å². The van der Waals surface area contributed by atoms with Crippen molar-refractivity contribution in [1.82, 2.24) is 10.3 Å². The SMILES string of the molecule is Cc1nc(C)c(C(=O)NCC2(O)CCCCCC2)s1. The van der Waals surface area contributed by atoms with Gasteiger partial charge in [0, 0.05) is 6.54 Å². The number of hydrogen-bond acceptors (Lipinski definition) is 4. The summed E-state index contributed by atoms with van der Waals surface area (Å²) in [5, 5.41) is 14.3. The van der Waals surface area contributed by atoms with E-state index < -0.39 is 5.60 Å². The Hall–Kier alpha value is -0.940. The van der Waals surface area contributed by atoms with Crippen LogP contribution in [0.25, 0.3) is 0 Å². The molecule has 0 saturated heterocycles. The summed E-state index contributed by atoms with van der Waals surface area (Å²) >= 11 is 1.41. The van der Waals surface area contributed by atoms with Gasteiger partial charge in [0.1, 0.15) is 4.88 Å². The minimum atomic E-state index is -0.722. The fraction of sp³-hybridized carbons (Fsp3) is 0.714. The van der Waals surface area contributed by atoms with Crippen LogP contribution in [0.2, 0.25) is 0 Å². The van der Waals surface area contributed by atoms with Crippen LogP contribution < -0.4 is 5.32 Å². The van der Waals surface area contributed by atoms with E-state index >= 15 is 0 Å². The molecule has 1 aromatic heterocycles. The smallest absolute Gasteiger partial charge is 0.263 e. The van der Waals surface area contributed by atoms with Crippen LogP contribution in [0.4, 0.5) is 0 Å². The molecule has 0 atom stereocenters. The maximum absolute atomic E-state index is 12.1. The van der Waals surface area contributed by atoms with Gasteiger partial charge in [0.2, 0.25) is 0 Å². The molecule has 5 heteroatoms. The lowest BCUT2D eigenvalue weighted by atomic mass is 9.94. The van der Waals surface area contributed by atoms with Crippen LogP contribution in [0.1, 0.15) is 58.9 Å². The number of amides is 1. The van der Waals surface area contributed by atoms with Gasteiger partial charge < -0.3 is 10.4 Å².